The predicted octanol–water partition coefficient (Wildman–Crippen LogP) is 2.25. The number of aromatic nitrogens is 1. The van der Waals surface area contributed by atoms with Crippen LogP contribution in [0.2, 0.25) is 0 Å². The highest BCUT2D eigenvalue weighted by atomic mass is 19.1. The van der Waals surface area contributed by atoms with Crippen molar-refractivity contribution in [3.63, 3.8) is 0 Å². The second kappa shape index (κ2) is 5.15. The van der Waals surface area contributed by atoms with Gasteiger partial charge in [-0.05, 0) is 12.1 Å². The van der Waals surface area contributed by atoms with E-state index in [9.17, 15) is 4.39 Å². The van der Waals surface area contributed by atoms with Crippen molar-refractivity contribution in [1.82, 2.24) is 4.98 Å². The summed E-state index contributed by atoms with van der Waals surface area (Å²) in [5, 5.41) is 8.76. The van der Waals surface area contributed by atoms with Crippen LogP contribution >= 0.6 is 0 Å². The first-order valence-corrected chi connectivity index (χ1v) is 5.23. The van der Waals surface area contributed by atoms with Gasteiger partial charge in [0.25, 0.3) is 0 Å². The molecule has 1 aromatic carbocycles. The lowest BCUT2D eigenvalue weighted by Crippen LogP contribution is -2.01. The molecule has 0 aliphatic carbocycles. The fraction of sp³-hybridized carbons (Fsp3) is 0.0769. The molecule has 2 N–H and O–H groups in total. The lowest BCUT2D eigenvalue weighted by Gasteiger charge is -2.07. The highest BCUT2D eigenvalue weighted by Gasteiger charge is 2.05. The minimum Gasteiger partial charge on any atom is -0.473 e. The van der Waals surface area contributed by atoms with Gasteiger partial charge in [-0.1, -0.05) is 18.2 Å². The number of halogens is 1. The van der Waals surface area contributed by atoms with Gasteiger partial charge in [-0.3, -0.25) is 0 Å². The molecule has 4 nitrogen and oxygen atoms in total. The van der Waals surface area contributed by atoms with Crippen LogP contribution in [0, 0.1) is 17.1 Å². The predicted molar refractivity (Wildman–Crippen MR) is 64.1 cm³/mol. The van der Waals surface area contributed by atoms with E-state index in [2.05, 4.69) is 4.98 Å². The van der Waals surface area contributed by atoms with Crippen molar-refractivity contribution in [1.29, 1.82) is 5.26 Å². The van der Waals surface area contributed by atoms with Crippen LogP contribution in [0.4, 0.5) is 10.1 Å². The third-order valence-corrected chi connectivity index (χ3v) is 2.34. The first-order chi connectivity index (χ1) is 8.70. The maximum atomic E-state index is 13.3. The number of anilines is 1. The summed E-state index contributed by atoms with van der Waals surface area (Å²) in [5.41, 5.74) is 6.34. The summed E-state index contributed by atoms with van der Waals surface area (Å²) in [6.07, 6.45) is 0. The molecule has 0 aliphatic rings. The average Bonchev–Trinajstić information content (AvgIpc) is 2.39. The van der Waals surface area contributed by atoms with E-state index in [0.717, 1.165) is 0 Å². The van der Waals surface area contributed by atoms with Crippen molar-refractivity contribution in [3.8, 4) is 11.9 Å². The maximum Gasteiger partial charge on any atom is 0.214 e. The Morgan fingerprint density at radius 2 is 2.06 bits per heavy atom. The van der Waals surface area contributed by atoms with Crippen LogP contribution in [0.15, 0.2) is 36.4 Å². The van der Waals surface area contributed by atoms with Gasteiger partial charge < -0.3 is 10.5 Å². The number of ether oxygens (including phenoxy) is 1. The Morgan fingerprint density at radius 1 is 1.28 bits per heavy atom. The summed E-state index contributed by atoms with van der Waals surface area (Å²) in [5.74, 6) is -0.0996. The molecule has 2 rings (SSSR count). The second-order valence-corrected chi connectivity index (χ2v) is 3.58. The quantitative estimate of drug-likeness (QED) is 0.897. The third-order valence-electron chi connectivity index (χ3n) is 2.34. The number of nitrogens with two attached hydrogens (primary N) is 1. The number of hydrogen-bond donors (Lipinski definition) is 1. The standard InChI is InChI=1S/C13H10FN3O/c14-10-4-2-1-3-9(10)8-18-13-6-5-11(16)12(7-15)17-13/h1-6H,8,16H2. The van der Waals surface area contributed by atoms with Gasteiger partial charge in [0, 0.05) is 11.6 Å². The van der Waals surface area contributed by atoms with Crippen LogP contribution < -0.4 is 10.5 Å². The van der Waals surface area contributed by atoms with Crippen molar-refractivity contribution in [2.75, 3.05) is 5.73 Å². The van der Waals surface area contributed by atoms with Crippen LogP contribution in [0.25, 0.3) is 0 Å². The zero-order chi connectivity index (χ0) is 13.0. The maximum absolute atomic E-state index is 13.3. The van der Waals surface area contributed by atoms with Crippen LogP contribution in [0.5, 0.6) is 5.88 Å². The van der Waals surface area contributed by atoms with Crippen molar-refractivity contribution < 1.29 is 9.13 Å². The van der Waals surface area contributed by atoms with E-state index in [1.165, 1.54) is 18.2 Å². The molecule has 2 aromatic rings. The number of hydrogen-bond acceptors (Lipinski definition) is 4. The Morgan fingerprint density at radius 3 is 2.78 bits per heavy atom. The van der Waals surface area contributed by atoms with Gasteiger partial charge in [0.15, 0.2) is 5.69 Å². The zero-order valence-electron chi connectivity index (χ0n) is 9.43. The van der Waals surface area contributed by atoms with E-state index in [4.69, 9.17) is 15.7 Å². The number of nitrogens with zero attached hydrogens (tertiary/aromatic N) is 2. The molecule has 0 aliphatic heterocycles. The number of rotatable bonds is 3. The highest BCUT2D eigenvalue weighted by molar-refractivity contribution is 5.50. The SMILES string of the molecule is N#Cc1nc(OCc2ccccc2F)ccc1N. The van der Waals surface area contributed by atoms with E-state index in [-0.39, 0.29) is 29.7 Å². The van der Waals surface area contributed by atoms with Crippen molar-refractivity contribution >= 4 is 5.69 Å². The summed E-state index contributed by atoms with van der Waals surface area (Å²) < 4.78 is 18.6. The van der Waals surface area contributed by atoms with E-state index in [1.807, 2.05) is 6.07 Å². The molecule has 0 radical (unpaired) electrons. The average molecular weight is 243 g/mol. The lowest BCUT2D eigenvalue weighted by molar-refractivity contribution is 0.288. The second-order valence-electron chi connectivity index (χ2n) is 3.58. The van der Waals surface area contributed by atoms with Gasteiger partial charge in [-0.2, -0.15) is 5.26 Å². The molecule has 90 valence electrons. The molecule has 1 aromatic heterocycles. The Kier molecular flexibility index (Phi) is 3.39. The Hall–Kier alpha value is -2.61. The molecule has 0 fully saturated rings. The topological polar surface area (TPSA) is 71.9 Å². The molecular weight excluding hydrogens is 233 g/mol. The van der Waals surface area contributed by atoms with Gasteiger partial charge in [0.1, 0.15) is 18.5 Å². The zero-order valence-corrected chi connectivity index (χ0v) is 9.43. The first-order valence-electron chi connectivity index (χ1n) is 5.23. The fourth-order valence-electron chi connectivity index (χ4n) is 1.39. The van der Waals surface area contributed by atoms with Crippen LogP contribution in [0.1, 0.15) is 11.3 Å². The van der Waals surface area contributed by atoms with Crippen molar-refractivity contribution in [3.05, 3.63) is 53.5 Å². The van der Waals surface area contributed by atoms with E-state index < -0.39 is 0 Å². The van der Waals surface area contributed by atoms with Gasteiger partial charge in [-0.25, -0.2) is 9.37 Å². The van der Waals surface area contributed by atoms with Crippen LogP contribution in [-0.2, 0) is 6.61 Å². The molecule has 18 heavy (non-hydrogen) atoms. The summed E-state index contributed by atoms with van der Waals surface area (Å²) in [7, 11) is 0. The van der Waals surface area contributed by atoms with E-state index in [0.29, 0.717) is 5.56 Å². The van der Waals surface area contributed by atoms with E-state index >= 15 is 0 Å². The number of pyridine rings is 1. The molecule has 0 atom stereocenters. The minimum absolute atomic E-state index is 0.0501. The lowest BCUT2D eigenvalue weighted by atomic mass is 10.2. The summed E-state index contributed by atoms with van der Waals surface area (Å²) in [6.45, 7) is 0.0501. The Balaban J connectivity index is 2.12. The van der Waals surface area contributed by atoms with E-state index in [1.54, 1.807) is 18.2 Å². The van der Waals surface area contributed by atoms with Gasteiger partial charge in [0.2, 0.25) is 5.88 Å². The smallest absolute Gasteiger partial charge is 0.214 e. The van der Waals surface area contributed by atoms with Crippen LogP contribution in [-0.4, -0.2) is 4.98 Å². The Labute approximate surface area is 103 Å². The molecule has 0 saturated heterocycles. The number of nitriles is 1. The number of benzene rings is 1. The van der Waals surface area contributed by atoms with Gasteiger partial charge in [-0.15, -0.1) is 0 Å². The molecule has 5 heteroatoms. The monoisotopic (exact) mass is 243 g/mol. The molecule has 0 spiro atoms. The molecule has 0 unspecified atom stereocenters. The van der Waals surface area contributed by atoms with Crippen molar-refractivity contribution in [2.45, 2.75) is 6.61 Å². The summed E-state index contributed by atoms with van der Waals surface area (Å²) in [4.78, 5) is 3.90. The molecular formula is C13H10FN3O. The van der Waals surface area contributed by atoms with Gasteiger partial charge in [0.05, 0.1) is 5.69 Å². The molecule has 0 saturated carbocycles. The molecule has 1 heterocycles. The third kappa shape index (κ3) is 2.55. The van der Waals surface area contributed by atoms with Crippen LogP contribution in [0.3, 0.4) is 0 Å². The number of nitrogen functional groups attached to an aromatic ring is 1. The minimum atomic E-state index is -0.339. The summed E-state index contributed by atoms with van der Waals surface area (Å²) in [6, 6.07) is 11.2. The highest BCUT2D eigenvalue weighted by Crippen LogP contribution is 2.16. The van der Waals surface area contributed by atoms with Gasteiger partial charge >= 0.3 is 0 Å². The Bertz CT molecular complexity index is 607. The molecule has 0 amide bonds. The fourth-order valence-corrected chi connectivity index (χ4v) is 1.39. The first kappa shape index (κ1) is 11.9. The largest absolute Gasteiger partial charge is 0.473 e. The normalized spacial score (nSPS) is 9.78. The molecule has 0 bridgehead atoms. The summed E-state index contributed by atoms with van der Waals surface area (Å²) >= 11 is 0. The van der Waals surface area contributed by atoms with Crippen molar-refractivity contribution in [2.24, 2.45) is 0 Å².